The number of hydrogen-bond acceptors (Lipinski definition) is 9. The van der Waals surface area contributed by atoms with Crippen LogP contribution in [0.2, 0.25) is 0 Å². The van der Waals surface area contributed by atoms with Gasteiger partial charge in [-0.3, -0.25) is 4.90 Å². The van der Waals surface area contributed by atoms with Crippen molar-refractivity contribution in [2.45, 2.75) is 68.7 Å². The molecule has 1 spiro atoms. The summed E-state index contributed by atoms with van der Waals surface area (Å²) in [7, 11) is 6.81. The zero-order valence-corrected chi connectivity index (χ0v) is 24.8. The second kappa shape index (κ2) is 9.63. The molecule has 1 heterocycles. The second-order valence-electron chi connectivity index (χ2n) is 13.7. The SMILES string of the molecule is CCN1C[C@]2(COC)CC[C@H](O)[C@]34C1[C@@H]([C@H](OC)[C@H]23)[C@@]1(O)C[C@H](OC)[C@H]2C[C@@H]4[C@@H]1[C@H]2OC(=O)c1ccc(OC)cc1. The molecular formula is C32H45NO8. The predicted molar refractivity (Wildman–Crippen MR) is 148 cm³/mol. The first-order chi connectivity index (χ1) is 19.7. The summed E-state index contributed by atoms with van der Waals surface area (Å²) in [6.45, 7) is 4.47. The number of benzene rings is 1. The Bertz CT molecular complexity index is 1180. The molecule has 9 nitrogen and oxygen atoms in total. The van der Waals surface area contributed by atoms with Crippen LogP contribution in [0, 0.1) is 40.4 Å². The van der Waals surface area contributed by atoms with Crippen molar-refractivity contribution in [3.05, 3.63) is 29.8 Å². The van der Waals surface area contributed by atoms with Gasteiger partial charge in [0.2, 0.25) is 0 Å². The van der Waals surface area contributed by atoms with Crippen LogP contribution < -0.4 is 4.74 Å². The van der Waals surface area contributed by atoms with Crippen LogP contribution >= 0.6 is 0 Å². The Labute approximate surface area is 242 Å². The van der Waals surface area contributed by atoms with E-state index in [1.54, 1.807) is 52.7 Å². The molecule has 6 aliphatic rings. The average molecular weight is 572 g/mol. The fourth-order valence-electron chi connectivity index (χ4n) is 11.7. The van der Waals surface area contributed by atoms with Crippen LogP contribution in [0.25, 0.3) is 0 Å². The highest BCUT2D eigenvalue weighted by molar-refractivity contribution is 5.89. The zero-order chi connectivity index (χ0) is 28.9. The van der Waals surface area contributed by atoms with Crippen molar-refractivity contribution in [1.82, 2.24) is 4.90 Å². The fourth-order valence-corrected chi connectivity index (χ4v) is 11.7. The Morgan fingerprint density at radius 1 is 1.07 bits per heavy atom. The molecule has 2 N–H and O–H groups in total. The molecule has 1 aromatic rings. The van der Waals surface area contributed by atoms with Crippen molar-refractivity contribution in [1.29, 1.82) is 0 Å². The van der Waals surface area contributed by atoms with E-state index in [0.29, 0.717) is 30.8 Å². The van der Waals surface area contributed by atoms with E-state index < -0.39 is 29.2 Å². The lowest BCUT2D eigenvalue weighted by Crippen LogP contribution is -2.76. The molecule has 1 aliphatic heterocycles. The average Bonchev–Trinajstić information content (AvgIpc) is 3.42. The summed E-state index contributed by atoms with van der Waals surface area (Å²) in [4.78, 5) is 16.1. The maximum absolute atomic E-state index is 13.6. The maximum atomic E-state index is 13.6. The molecule has 0 radical (unpaired) electrons. The smallest absolute Gasteiger partial charge is 0.338 e. The topological polar surface area (TPSA) is 107 Å². The number of nitrogens with zero attached hydrogens (tertiary/aromatic N) is 1. The molecule has 1 saturated heterocycles. The highest BCUT2D eigenvalue weighted by Crippen LogP contribution is 2.79. The molecule has 226 valence electrons. The number of likely N-dealkylation sites (tertiary alicyclic amines) is 1. The van der Waals surface area contributed by atoms with Crippen LogP contribution in [0.15, 0.2) is 24.3 Å². The molecule has 5 saturated carbocycles. The van der Waals surface area contributed by atoms with Crippen molar-refractivity contribution in [3.63, 3.8) is 0 Å². The van der Waals surface area contributed by atoms with E-state index in [0.717, 1.165) is 25.9 Å². The quantitative estimate of drug-likeness (QED) is 0.455. The molecule has 1 aromatic carbocycles. The number of rotatable bonds is 8. The molecule has 13 atom stereocenters. The normalized spacial score (nSPS) is 49.1. The molecule has 0 amide bonds. The first-order valence-electron chi connectivity index (χ1n) is 15.3. The summed E-state index contributed by atoms with van der Waals surface area (Å²) < 4.78 is 30.1. The Hall–Kier alpha value is -1.75. The van der Waals surface area contributed by atoms with Gasteiger partial charge in [-0.05, 0) is 56.0 Å². The minimum absolute atomic E-state index is 0.0266. The lowest BCUT2D eigenvalue weighted by molar-refractivity contribution is -0.272. The summed E-state index contributed by atoms with van der Waals surface area (Å²) in [6.07, 6.45) is 1.21. The van der Waals surface area contributed by atoms with Gasteiger partial charge in [0.1, 0.15) is 11.9 Å². The lowest BCUT2D eigenvalue weighted by atomic mass is 9.43. The van der Waals surface area contributed by atoms with E-state index in [1.165, 1.54) is 0 Å². The number of aliphatic hydroxyl groups excluding tert-OH is 1. The first kappa shape index (κ1) is 28.0. The van der Waals surface area contributed by atoms with Crippen molar-refractivity contribution in [2.24, 2.45) is 40.4 Å². The maximum Gasteiger partial charge on any atom is 0.338 e. The van der Waals surface area contributed by atoms with E-state index in [-0.39, 0.29) is 53.3 Å². The lowest BCUT2D eigenvalue weighted by Gasteiger charge is -2.68. The van der Waals surface area contributed by atoms with Gasteiger partial charge in [0.25, 0.3) is 0 Å². The third kappa shape index (κ3) is 3.36. The minimum atomic E-state index is -1.17. The third-order valence-corrected chi connectivity index (χ3v) is 12.7. The molecule has 7 bridgehead atoms. The first-order valence-corrected chi connectivity index (χ1v) is 15.3. The summed E-state index contributed by atoms with van der Waals surface area (Å²) in [6, 6.07) is 6.91. The van der Waals surface area contributed by atoms with Crippen molar-refractivity contribution < 1.29 is 38.7 Å². The highest BCUT2D eigenvalue weighted by Gasteiger charge is 2.86. The molecular weight excluding hydrogens is 526 g/mol. The summed E-state index contributed by atoms with van der Waals surface area (Å²) in [5, 5.41) is 25.3. The van der Waals surface area contributed by atoms with Crippen molar-refractivity contribution >= 4 is 5.97 Å². The Morgan fingerprint density at radius 2 is 1.83 bits per heavy atom. The van der Waals surface area contributed by atoms with Crippen LogP contribution in [-0.2, 0) is 18.9 Å². The predicted octanol–water partition coefficient (Wildman–Crippen LogP) is 2.38. The Balaban J connectivity index is 1.37. The number of ether oxygens (including phenoxy) is 5. The molecule has 41 heavy (non-hydrogen) atoms. The van der Waals surface area contributed by atoms with E-state index in [4.69, 9.17) is 23.7 Å². The molecule has 9 heteroatoms. The second-order valence-corrected chi connectivity index (χ2v) is 13.7. The van der Waals surface area contributed by atoms with Crippen LogP contribution in [0.5, 0.6) is 5.75 Å². The van der Waals surface area contributed by atoms with Gasteiger partial charge in [0.05, 0.1) is 43.2 Å². The summed E-state index contributed by atoms with van der Waals surface area (Å²) in [5.74, 6) is -0.360. The molecule has 0 aromatic heterocycles. The van der Waals surface area contributed by atoms with Gasteiger partial charge >= 0.3 is 5.97 Å². The zero-order valence-electron chi connectivity index (χ0n) is 24.8. The van der Waals surface area contributed by atoms with E-state index in [1.807, 2.05) is 0 Å². The van der Waals surface area contributed by atoms with Gasteiger partial charge in [-0.15, -0.1) is 0 Å². The van der Waals surface area contributed by atoms with Gasteiger partial charge in [-0.2, -0.15) is 0 Å². The number of hydrogen-bond donors (Lipinski definition) is 2. The van der Waals surface area contributed by atoms with Crippen LogP contribution in [-0.4, -0.2) is 105 Å². The molecule has 1 unspecified atom stereocenters. The largest absolute Gasteiger partial charge is 0.497 e. The highest BCUT2D eigenvalue weighted by atomic mass is 16.6. The molecule has 7 rings (SSSR count). The van der Waals surface area contributed by atoms with Gasteiger partial charge < -0.3 is 33.9 Å². The van der Waals surface area contributed by atoms with Gasteiger partial charge in [0.15, 0.2) is 0 Å². The van der Waals surface area contributed by atoms with Crippen LogP contribution in [0.1, 0.15) is 43.0 Å². The van der Waals surface area contributed by atoms with Crippen LogP contribution in [0.3, 0.4) is 0 Å². The van der Waals surface area contributed by atoms with E-state index in [9.17, 15) is 15.0 Å². The number of methoxy groups -OCH3 is 4. The monoisotopic (exact) mass is 571 g/mol. The number of piperidine rings is 1. The van der Waals surface area contributed by atoms with Crippen molar-refractivity contribution in [3.8, 4) is 5.75 Å². The van der Waals surface area contributed by atoms with Crippen LogP contribution in [0.4, 0.5) is 0 Å². The van der Waals surface area contributed by atoms with Gasteiger partial charge in [-0.25, -0.2) is 4.79 Å². The van der Waals surface area contributed by atoms with E-state index in [2.05, 4.69) is 11.8 Å². The minimum Gasteiger partial charge on any atom is -0.497 e. The number of carbonyl (C=O) groups excluding carboxylic acids is 1. The number of esters is 1. The Kier molecular flexibility index (Phi) is 6.59. The summed E-state index contributed by atoms with van der Waals surface area (Å²) in [5.41, 5.74) is -1.40. The number of carbonyl (C=O) groups is 1. The number of fused-ring (bicyclic) bond motifs is 2. The molecule has 6 fully saturated rings. The van der Waals surface area contributed by atoms with E-state index >= 15 is 0 Å². The Morgan fingerprint density at radius 3 is 2.46 bits per heavy atom. The third-order valence-electron chi connectivity index (χ3n) is 12.7. The van der Waals surface area contributed by atoms with Gasteiger partial charge in [-0.1, -0.05) is 6.92 Å². The molecule has 5 aliphatic carbocycles. The fraction of sp³-hybridized carbons (Fsp3) is 0.781. The standard InChI is InChI=1S/C32H45NO8/c1-6-33-15-30(16-37-2)12-11-22(34)32-20-13-19-21(39-4)14-31(36,24(28(32)33)26(40-5)27(30)32)23(20)25(19)41-29(35)17-7-9-18(38-3)10-8-17/h7-10,19-28,34,36H,6,11-16H2,1-5H3/t19-,20-,21+,22+,23-,24-,25+,26+,27-,28?,30+,31-,32+/m1/s1. The van der Waals surface area contributed by atoms with Gasteiger partial charge in [0, 0.05) is 74.8 Å². The number of aliphatic hydroxyl groups is 2. The van der Waals surface area contributed by atoms with Crippen molar-refractivity contribution in [2.75, 3.05) is 48.1 Å². The summed E-state index contributed by atoms with van der Waals surface area (Å²) >= 11 is 0.